The quantitative estimate of drug-likeness (QED) is 0.792. The van der Waals surface area contributed by atoms with E-state index in [0.29, 0.717) is 6.04 Å². The number of benzene rings is 1. The summed E-state index contributed by atoms with van der Waals surface area (Å²) in [4.78, 5) is 17.1. The number of carbonyl (C=O) groups is 1. The Morgan fingerprint density at radius 2 is 1.93 bits per heavy atom. The second-order valence-corrected chi connectivity index (χ2v) is 8.05. The van der Waals surface area contributed by atoms with Crippen molar-refractivity contribution >= 4 is 6.03 Å². The predicted octanol–water partition coefficient (Wildman–Crippen LogP) is 4.16. The zero-order valence-corrected chi connectivity index (χ0v) is 17.3. The molecule has 0 unspecified atom stereocenters. The highest BCUT2D eigenvalue weighted by Gasteiger charge is 2.27. The number of halogens is 1. The summed E-state index contributed by atoms with van der Waals surface area (Å²) in [6.45, 7) is 5.40. The van der Waals surface area contributed by atoms with Gasteiger partial charge in [-0.1, -0.05) is 25.3 Å². The molecule has 1 N–H and O–H groups in total. The molecule has 0 radical (unpaired) electrons. The maximum atomic E-state index is 13.9. The molecule has 1 heterocycles. The summed E-state index contributed by atoms with van der Waals surface area (Å²) in [6.07, 6.45) is 7.92. The Balaban J connectivity index is 1.45. The number of hydrogen-bond donors (Lipinski definition) is 1. The summed E-state index contributed by atoms with van der Waals surface area (Å²) in [5.74, 6) is -0.0341. The Morgan fingerprint density at radius 1 is 1.21 bits per heavy atom. The number of amides is 2. The first-order valence-corrected chi connectivity index (χ1v) is 10.7. The highest BCUT2D eigenvalue weighted by atomic mass is 19.1. The normalized spacial score (nSPS) is 19.4. The first-order chi connectivity index (χ1) is 13.6. The van der Waals surface area contributed by atoms with Crippen LogP contribution >= 0.6 is 0 Å². The van der Waals surface area contributed by atoms with Crippen LogP contribution in [-0.4, -0.2) is 54.7 Å². The molecule has 28 heavy (non-hydrogen) atoms. The fraction of sp³-hybridized carbons (Fsp3) is 0.682. The van der Waals surface area contributed by atoms with Gasteiger partial charge in [-0.25, -0.2) is 9.18 Å². The Kier molecular flexibility index (Phi) is 7.54. The highest BCUT2D eigenvalue weighted by Crippen LogP contribution is 2.23. The molecule has 1 saturated carbocycles. The third-order valence-electron chi connectivity index (χ3n) is 6.15. The molecule has 0 aromatic heterocycles. The Hall–Kier alpha value is -1.82. The van der Waals surface area contributed by atoms with Crippen LogP contribution in [0, 0.1) is 5.82 Å². The molecule has 1 aliphatic carbocycles. The molecule has 2 aliphatic rings. The Bertz CT molecular complexity index is 641. The fourth-order valence-electron chi connectivity index (χ4n) is 4.52. The monoisotopic (exact) mass is 391 g/mol. The van der Waals surface area contributed by atoms with Crippen LogP contribution in [0.5, 0.6) is 5.75 Å². The van der Waals surface area contributed by atoms with Crippen molar-refractivity contribution in [2.45, 2.75) is 70.5 Å². The van der Waals surface area contributed by atoms with E-state index in [4.69, 9.17) is 4.74 Å². The number of hydrogen-bond acceptors (Lipinski definition) is 3. The van der Waals surface area contributed by atoms with E-state index in [1.54, 1.807) is 12.1 Å². The van der Waals surface area contributed by atoms with Gasteiger partial charge in [0.05, 0.1) is 7.11 Å². The zero-order valence-electron chi connectivity index (χ0n) is 17.3. The fourth-order valence-corrected chi connectivity index (χ4v) is 4.52. The molecule has 3 rings (SSSR count). The first-order valence-electron chi connectivity index (χ1n) is 10.7. The van der Waals surface area contributed by atoms with Crippen LogP contribution in [0.1, 0.15) is 57.4 Å². The Labute approximate surface area is 168 Å². The van der Waals surface area contributed by atoms with Gasteiger partial charge >= 0.3 is 6.03 Å². The van der Waals surface area contributed by atoms with Crippen molar-refractivity contribution in [3.05, 3.63) is 29.6 Å². The van der Waals surface area contributed by atoms with Crippen LogP contribution in [0.25, 0.3) is 0 Å². The average Bonchev–Trinajstić information content (AvgIpc) is 2.71. The number of rotatable bonds is 6. The topological polar surface area (TPSA) is 44.8 Å². The molecule has 1 aromatic rings. The van der Waals surface area contributed by atoms with E-state index in [2.05, 4.69) is 17.1 Å². The van der Waals surface area contributed by atoms with Crippen LogP contribution in [0.3, 0.4) is 0 Å². The van der Waals surface area contributed by atoms with Crippen molar-refractivity contribution in [3.8, 4) is 5.75 Å². The molecule has 1 saturated heterocycles. The van der Waals surface area contributed by atoms with Crippen molar-refractivity contribution in [2.24, 2.45) is 0 Å². The SMILES string of the molecule is CCN(C(=O)NC1CCN(Cc2ccc(OC)c(F)c2)CC1)C1CCCCC1. The van der Waals surface area contributed by atoms with Gasteiger partial charge in [0.25, 0.3) is 0 Å². The largest absolute Gasteiger partial charge is 0.494 e. The summed E-state index contributed by atoms with van der Waals surface area (Å²) >= 11 is 0. The first kappa shape index (κ1) is 20.9. The van der Waals surface area contributed by atoms with E-state index in [0.717, 1.165) is 57.4 Å². The molecular weight excluding hydrogens is 357 g/mol. The number of methoxy groups -OCH3 is 1. The molecule has 6 heteroatoms. The smallest absolute Gasteiger partial charge is 0.317 e. The van der Waals surface area contributed by atoms with Crippen LogP contribution in [0.2, 0.25) is 0 Å². The van der Waals surface area contributed by atoms with Gasteiger partial charge in [-0.15, -0.1) is 0 Å². The van der Waals surface area contributed by atoms with Gasteiger partial charge in [-0.05, 0) is 50.3 Å². The molecule has 0 bridgehead atoms. The van der Waals surface area contributed by atoms with Gasteiger partial charge in [0, 0.05) is 38.3 Å². The van der Waals surface area contributed by atoms with Crippen LogP contribution in [-0.2, 0) is 6.54 Å². The molecule has 2 fully saturated rings. The molecule has 2 amide bonds. The number of likely N-dealkylation sites (tertiary alicyclic amines) is 1. The lowest BCUT2D eigenvalue weighted by Gasteiger charge is -2.37. The van der Waals surface area contributed by atoms with Crippen molar-refractivity contribution in [3.63, 3.8) is 0 Å². The van der Waals surface area contributed by atoms with Gasteiger partial charge < -0.3 is 15.0 Å². The third kappa shape index (κ3) is 5.37. The summed E-state index contributed by atoms with van der Waals surface area (Å²) in [6, 6.07) is 5.89. The lowest BCUT2D eigenvalue weighted by atomic mass is 9.94. The predicted molar refractivity (Wildman–Crippen MR) is 109 cm³/mol. The van der Waals surface area contributed by atoms with E-state index in [1.165, 1.54) is 26.4 Å². The maximum Gasteiger partial charge on any atom is 0.317 e. The molecular formula is C22H34FN3O2. The Morgan fingerprint density at radius 3 is 2.54 bits per heavy atom. The number of piperidine rings is 1. The van der Waals surface area contributed by atoms with Gasteiger partial charge in [0.1, 0.15) is 0 Å². The number of nitrogens with one attached hydrogen (secondary N) is 1. The minimum Gasteiger partial charge on any atom is -0.494 e. The van der Waals surface area contributed by atoms with Crippen LogP contribution < -0.4 is 10.1 Å². The van der Waals surface area contributed by atoms with Crippen LogP contribution in [0.4, 0.5) is 9.18 Å². The van der Waals surface area contributed by atoms with E-state index >= 15 is 0 Å². The molecule has 0 spiro atoms. The zero-order chi connectivity index (χ0) is 19.9. The lowest BCUT2D eigenvalue weighted by Crippen LogP contribution is -2.52. The van der Waals surface area contributed by atoms with E-state index in [9.17, 15) is 9.18 Å². The number of urea groups is 1. The van der Waals surface area contributed by atoms with Gasteiger partial charge in [-0.3, -0.25) is 4.90 Å². The molecule has 1 aromatic carbocycles. The van der Waals surface area contributed by atoms with E-state index in [1.807, 2.05) is 11.0 Å². The number of carbonyl (C=O) groups excluding carboxylic acids is 1. The summed E-state index contributed by atoms with van der Waals surface area (Å²) < 4.78 is 18.9. The average molecular weight is 392 g/mol. The van der Waals surface area contributed by atoms with E-state index in [-0.39, 0.29) is 23.6 Å². The van der Waals surface area contributed by atoms with Crippen LogP contribution in [0.15, 0.2) is 18.2 Å². The van der Waals surface area contributed by atoms with Gasteiger partial charge in [0.15, 0.2) is 11.6 Å². The number of ether oxygens (including phenoxy) is 1. The number of nitrogens with zero attached hydrogens (tertiary/aromatic N) is 2. The summed E-state index contributed by atoms with van der Waals surface area (Å²) in [5, 5.41) is 3.26. The molecule has 156 valence electrons. The second-order valence-electron chi connectivity index (χ2n) is 8.05. The standard InChI is InChI=1S/C22H34FN3O2/c1-3-26(19-7-5-4-6-8-19)22(27)24-18-11-13-25(14-12-18)16-17-9-10-21(28-2)20(23)15-17/h9-10,15,18-19H,3-8,11-14,16H2,1-2H3,(H,24,27). The minimum atomic E-state index is -0.315. The molecule has 1 aliphatic heterocycles. The van der Waals surface area contributed by atoms with Gasteiger partial charge in [-0.2, -0.15) is 0 Å². The molecule has 5 nitrogen and oxygen atoms in total. The van der Waals surface area contributed by atoms with Crippen molar-refractivity contribution in [2.75, 3.05) is 26.7 Å². The minimum absolute atomic E-state index is 0.102. The summed E-state index contributed by atoms with van der Waals surface area (Å²) in [5.41, 5.74) is 0.954. The van der Waals surface area contributed by atoms with Crippen molar-refractivity contribution < 1.29 is 13.9 Å². The third-order valence-corrected chi connectivity index (χ3v) is 6.15. The summed E-state index contributed by atoms with van der Waals surface area (Å²) in [7, 11) is 1.48. The van der Waals surface area contributed by atoms with E-state index < -0.39 is 0 Å². The molecule has 0 atom stereocenters. The highest BCUT2D eigenvalue weighted by molar-refractivity contribution is 5.74. The van der Waals surface area contributed by atoms with Crippen molar-refractivity contribution in [1.82, 2.24) is 15.1 Å². The lowest BCUT2D eigenvalue weighted by molar-refractivity contribution is 0.145. The second kappa shape index (κ2) is 10.1. The van der Waals surface area contributed by atoms with Gasteiger partial charge in [0.2, 0.25) is 0 Å². The van der Waals surface area contributed by atoms with Crippen molar-refractivity contribution in [1.29, 1.82) is 0 Å². The maximum absolute atomic E-state index is 13.9.